The number of benzene rings is 2. The molecule has 0 saturated heterocycles. The Morgan fingerprint density at radius 3 is 2.52 bits per heavy atom. The number of rotatable bonds is 10. The van der Waals surface area contributed by atoms with Crippen LogP contribution < -0.4 is 19.6 Å². The molecule has 0 fully saturated rings. The van der Waals surface area contributed by atoms with Crippen LogP contribution in [0.1, 0.15) is 50.0 Å². The van der Waals surface area contributed by atoms with E-state index in [1.807, 2.05) is 39.8 Å². The highest BCUT2D eigenvalue weighted by molar-refractivity contribution is 9.10. The van der Waals surface area contributed by atoms with E-state index in [1.165, 1.54) is 0 Å². The topological polar surface area (TPSA) is 69.2 Å². The Labute approximate surface area is 180 Å². The predicted molar refractivity (Wildman–Crippen MR) is 118 cm³/mol. The number of nitrogens with zero attached hydrogens (tertiary/aromatic N) is 1. The number of halogens is 1. The fourth-order valence-corrected chi connectivity index (χ4v) is 2.98. The van der Waals surface area contributed by atoms with Crippen molar-refractivity contribution in [2.75, 3.05) is 13.2 Å². The molecule has 6 nitrogen and oxygen atoms in total. The highest BCUT2D eigenvalue weighted by Gasteiger charge is 2.13. The van der Waals surface area contributed by atoms with Crippen LogP contribution in [0.2, 0.25) is 0 Å². The normalized spacial score (nSPS) is 11.0. The van der Waals surface area contributed by atoms with Gasteiger partial charge in [-0.25, -0.2) is 5.43 Å². The monoisotopic (exact) mass is 462 g/mol. The fourth-order valence-electron chi connectivity index (χ4n) is 2.43. The number of amides is 1. The minimum atomic E-state index is -0.299. The van der Waals surface area contributed by atoms with Crippen LogP contribution in [0.15, 0.2) is 46.0 Å². The van der Waals surface area contributed by atoms with Crippen molar-refractivity contribution < 1.29 is 19.0 Å². The van der Waals surface area contributed by atoms with Crippen LogP contribution in [-0.4, -0.2) is 31.4 Å². The zero-order valence-corrected chi connectivity index (χ0v) is 18.8. The van der Waals surface area contributed by atoms with Gasteiger partial charge in [0.25, 0.3) is 5.91 Å². The van der Waals surface area contributed by atoms with Gasteiger partial charge in [0.1, 0.15) is 5.75 Å². The van der Waals surface area contributed by atoms with Crippen molar-refractivity contribution >= 4 is 28.1 Å². The average Bonchev–Trinajstić information content (AvgIpc) is 2.69. The SMILES string of the molecule is CCCOc1ccc(C(=O)N/N=C/c2cc(Br)c(OC(C)C)c(OCC)c2)cc1. The first kappa shape index (κ1) is 22.7. The average molecular weight is 463 g/mol. The Balaban J connectivity index is 2.06. The second-order valence-corrected chi connectivity index (χ2v) is 7.36. The van der Waals surface area contributed by atoms with E-state index in [0.29, 0.717) is 30.3 Å². The molecule has 0 saturated carbocycles. The van der Waals surface area contributed by atoms with Gasteiger partial charge in [-0.2, -0.15) is 5.10 Å². The van der Waals surface area contributed by atoms with Gasteiger partial charge in [0, 0.05) is 5.56 Å². The Hall–Kier alpha value is -2.54. The largest absolute Gasteiger partial charge is 0.494 e. The Morgan fingerprint density at radius 2 is 1.90 bits per heavy atom. The van der Waals surface area contributed by atoms with Crippen molar-refractivity contribution in [1.29, 1.82) is 0 Å². The van der Waals surface area contributed by atoms with E-state index in [2.05, 4.69) is 26.5 Å². The number of carbonyl (C=O) groups excluding carboxylic acids is 1. The molecule has 1 amide bonds. The van der Waals surface area contributed by atoms with Gasteiger partial charge in [0.05, 0.1) is 30.0 Å². The molecule has 0 bridgehead atoms. The Morgan fingerprint density at radius 1 is 1.17 bits per heavy atom. The number of nitrogens with one attached hydrogen (secondary N) is 1. The van der Waals surface area contributed by atoms with Gasteiger partial charge in [0.15, 0.2) is 11.5 Å². The number of carbonyl (C=O) groups is 1. The molecule has 0 aliphatic carbocycles. The van der Waals surface area contributed by atoms with Crippen molar-refractivity contribution in [1.82, 2.24) is 5.43 Å². The van der Waals surface area contributed by atoms with E-state index >= 15 is 0 Å². The summed E-state index contributed by atoms with van der Waals surface area (Å²) in [6.07, 6.45) is 2.51. The van der Waals surface area contributed by atoms with E-state index in [4.69, 9.17) is 14.2 Å². The molecule has 1 N–H and O–H groups in total. The van der Waals surface area contributed by atoms with Gasteiger partial charge in [-0.15, -0.1) is 0 Å². The van der Waals surface area contributed by atoms with Crippen LogP contribution in [0.3, 0.4) is 0 Å². The van der Waals surface area contributed by atoms with Crippen LogP contribution in [0, 0.1) is 0 Å². The van der Waals surface area contributed by atoms with E-state index in [0.717, 1.165) is 22.2 Å². The molecule has 2 rings (SSSR count). The van der Waals surface area contributed by atoms with Gasteiger partial charge in [-0.1, -0.05) is 6.92 Å². The van der Waals surface area contributed by atoms with Gasteiger partial charge in [-0.05, 0) is 85.1 Å². The second-order valence-electron chi connectivity index (χ2n) is 6.50. The Bertz CT molecular complexity index is 835. The molecule has 0 aliphatic rings. The lowest BCUT2D eigenvalue weighted by atomic mass is 10.2. The number of hydrogen-bond donors (Lipinski definition) is 1. The molecule has 7 heteroatoms. The maximum atomic E-state index is 12.3. The lowest BCUT2D eigenvalue weighted by Gasteiger charge is -2.16. The Kier molecular flexibility index (Phi) is 8.99. The quantitative estimate of drug-likeness (QED) is 0.389. The summed E-state index contributed by atoms with van der Waals surface area (Å²) < 4.78 is 17.8. The molecule has 0 heterocycles. The fraction of sp³-hybridized carbons (Fsp3) is 0.364. The summed E-state index contributed by atoms with van der Waals surface area (Å²) in [7, 11) is 0. The summed E-state index contributed by atoms with van der Waals surface area (Å²) in [5, 5.41) is 4.05. The lowest BCUT2D eigenvalue weighted by Crippen LogP contribution is -2.17. The van der Waals surface area contributed by atoms with Crippen molar-refractivity contribution in [2.24, 2.45) is 5.10 Å². The molecular formula is C22H27BrN2O4. The van der Waals surface area contributed by atoms with Crippen LogP contribution in [0.4, 0.5) is 0 Å². The van der Waals surface area contributed by atoms with Crippen LogP contribution >= 0.6 is 15.9 Å². The van der Waals surface area contributed by atoms with Crippen molar-refractivity contribution in [3.8, 4) is 17.2 Å². The summed E-state index contributed by atoms with van der Waals surface area (Å²) in [6, 6.07) is 10.6. The molecule has 29 heavy (non-hydrogen) atoms. The maximum absolute atomic E-state index is 12.3. The highest BCUT2D eigenvalue weighted by Crippen LogP contribution is 2.37. The second kappa shape index (κ2) is 11.5. The van der Waals surface area contributed by atoms with Crippen LogP contribution in [0.25, 0.3) is 0 Å². The van der Waals surface area contributed by atoms with E-state index in [1.54, 1.807) is 30.5 Å². The van der Waals surface area contributed by atoms with Crippen molar-refractivity contribution in [3.05, 3.63) is 52.0 Å². The maximum Gasteiger partial charge on any atom is 0.271 e. The molecule has 0 unspecified atom stereocenters. The third kappa shape index (κ3) is 7.09. The standard InChI is InChI=1S/C22H27BrN2O4/c1-5-11-28-18-9-7-17(8-10-18)22(26)25-24-14-16-12-19(23)21(29-15(3)4)20(13-16)27-6-2/h7-10,12-15H,5-6,11H2,1-4H3,(H,25,26)/b24-14+. The zero-order valence-electron chi connectivity index (χ0n) is 17.2. The summed E-state index contributed by atoms with van der Waals surface area (Å²) in [5.74, 6) is 1.70. The van der Waals surface area contributed by atoms with Crippen LogP contribution in [-0.2, 0) is 0 Å². The molecule has 2 aromatic carbocycles. The van der Waals surface area contributed by atoms with Crippen LogP contribution in [0.5, 0.6) is 17.2 Å². The smallest absolute Gasteiger partial charge is 0.271 e. The third-order valence-electron chi connectivity index (χ3n) is 3.65. The number of hydrogen-bond acceptors (Lipinski definition) is 5. The molecular weight excluding hydrogens is 436 g/mol. The van der Waals surface area contributed by atoms with Gasteiger partial charge in [-0.3, -0.25) is 4.79 Å². The van der Waals surface area contributed by atoms with E-state index in [9.17, 15) is 4.79 Å². The van der Waals surface area contributed by atoms with Gasteiger partial charge >= 0.3 is 0 Å². The minimum Gasteiger partial charge on any atom is -0.494 e. The summed E-state index contributed by atoms with van der Waals surface area (Å²) in [4.78, 5) is 12.3. The summed E-state index contributed by atoms with van der Waals surface area (Å²) >= 11 is 3.51. The molecule has 0 aliphatic heterocycles. The number of hydrazone groups is 1. The number of ether oxygens (including phenoxy) is 3. The molecule has 0 aromatic heterocycles. The predicted octanol–water partition coefficient (Wildman–Crippen LogP) is 5.19. The third-order valence-corrected chi connectivity index (χ3v) is 4.24. The van der Waals surface area contributed by atoms with E-state index < -0.39 is 0 Å². The minimum absolute atomic E-state index is 0.0167. The van der Waals surface area contributed by atoms with Crippen molar-refractivity contribution in [3.63, 3.8) is 0 Å². The highest BCUT2D eigenvalue weighted by atomic mass is 79.9. The first-order valence-corrected chi connectivity index (χ1v) is 10.4. The first-order chi connectivity index (χ1) is 13.9. The first-order valence-electron chi connectivity index (χ1n) is 9.63. The zero-order chi connectivity index (χ0) is 21.2. The summed E-state index contributed by atoms with van der Waals surface area (Å²) in [6.45, 7) is 9.02. The molecule has 156 valence electrons. The molecule has 0 atom stereocenters. The molecule has 0 radical (unpaired) electrons. The molecule has 2 aromatic rings. The van der Waals surface area contributed by atoms with E-state index in [-0.39, 0.29) is 12.0 Å². The van der Waals surface area contributed by atoms with Gasteiger partial charge in [0.2, 0.25) is 0 Å². The summed E-state index contributed by atoms with van der Waals surface area (Å²) in [5.41, 5.74) is 3.80. The van der Waals surface area contributed by atoms with Gasteiger partial charge < -0.3 is 14.2 Å². The van der Waals surface area contributed by atoms with Crippen molar-refractivity contribution in [2.45, 2.75) is 40.2 Å². The lowest BCUT2D eigenvalue weighted by molar-refractivity contribution is 0.0955. The molecule has 0 spiro atoms.